The highest BCUT2D eigenvalue weighted by Crippen LogP contribution is 1.92. The number of amides is 1. The van der Waals surface area contributed by atoms with E-state index >= 15 is 0 Å². The first kappa shape index (κ1) is 5.94. The van der Waals surface area contributed by atoms with Gasteiger partial charge in [-0.1, -0.05) is 0 Å². The van der Waals surface area contributed by atoms with Crippen molar-refractivity contribution in [2.24, 2.45) is 15.7 Å². The number of carbonyl (C=O) groups excluding carboxylic acids is 1. The van der Waals surface area contributed by atoms with E-state index in [0.717, 1.165) is 0 Å². The van der Waals surface area contributed by atoms with Gasteiger partial charge in [-0.25, -0.2) is 0 Å². The number of hydrogen-bond donors (Lipinski definition) is 1. The molecule has 0 bridgehead atoms. The zero-order valence-corrected chi connectivity index (χ0v) is 4.82. The third-order valence-electron chi connectivity index (χ3n) is 1.04. The van der Waals surface area contributed by atoms with Crippen LogP contribution in [-0.4, -0.2) is 30.9 Å². The number of primary amides is 1. The first-order chi connectivity index (χ1) is 4.30. The first-order valence-corrected chi connectivity index (χ1v) is 2.61. The molecule has 0 aromatic carbocycles. The van der Waals surface area contributed by atoms with Crippen molar-refractivity contribution in [3.8, 4) is 0 Å². The molecule has 1 aliphatic rings. The summed E-state index contributed by atoms with van der Waals surface area (Å²) in [6.07, 6.45) is 3.04. The molecule has 1 unspecified atom stereocenters. The van der Waals surface area contributed by atoms with Gasteiger partial charge in [0.05, 0.1) is 6.54 Å². The highest BCUT2D eigenvalue weighted by Gasteiger charge is 2.12. The van der Waals surface area contributed by atoms with Gasteiger partial charge in [-0.05, 0) is 0 Å². The second-order valence-corrected chi connectivity index (χ2v) is 1.73. The normalized spacial score (nSPS) is 24.2. The van der Waals surface area contributed by atoms with Crippen LogP contribution in [0.3, 0.4) is 0 Å². The van der Waals surface area contributed by atoms with Crippen molar-refractivity contribution in [2.75, 3.05) is 6.54 Å². The summed E-state index contributed by atoms with van der Waals surface area (Å²) in [6.45, 7) is 0.395. The second-order valence-electron chi connectivity index (χ2n) is 1.73. The zero-order chi connectivity index (χ0) is 6.69. The molecule has 1 heterocycles. The van der Waals surface area contributed by atoms with Gasteiger partial charge in [-0.15, -0.1) is 0 Å². The van der Waals surface area contributed by atoms with Crippen molar-refractivity contribution in [3.63, 3.8) is 0 Å². The van der Waals surface area contributed by atoms with E-state index in [1.54, 1.807) is 6.21 Å². The Hall–Kier alpha value is -1.19. The Bertz CT molecular complexity index is 173. The van der Waals surface area contributed by atoms with E-state index in [0.29, 0.717) is 6.54 Å². The maximum absolute atomic E-state index is 10.4. The van der Waals surface area contributed by atoms with E-state index in [2.05, 4.69) is 9.98 Å². The first-order valence-electron chi connectivity index (χ1n) is 2.61. The quantitative estimate of drug-likeness (QED) is 0.479. The van der Waals surface area contributed by atoms with Crippen molar-refractivity contribution in [1.29, 1.82) is 0 Å². The number of nitrogens with zero attached hydrogens (tertiary/aromatic N) is 2. The van der Waals surface area contributed by atoms with Gasteiger partial charge < -0.3 is 5.73 Å². The van der Waals surface area contributed by atoms with Crippen molar-refractivity contribution in [3.05, 3.63) is 0 Å². The summed E-state index contributed by atoms with van der Waals surface area (Å²) in [5, 5.41) is 0. The summed E-state index contributed by atoms with van der Waals surface area (Å²) in [7, 11) is 0. The van der Waals surface area contributed by atoms with Gasteiger partial charge in [0.1, 0.15) is 6.04 Å². The van der Waals surface area contributed by atoms with Crippen LogP contribution >= 0.6 is 0 Å². The summed E-state index contributed by atoms with van der Waals surface area (Å²) < 4.78 is 0. The lowest BCUT2D eigenvalue weighted by Gasteiger charge is -2.05. The fourth-order valence-electron chi connectivity index (χ4n) is 0.561. The fourth-order valence-corrected chi connectivity index (χ4v) is 0.561. The Morgan fingerprint density at radius 1 is 1.67 bits per heavy atom. The maximum atomic E-state index is 10.4. The van der Waals surface area contributed by atoms with Crippen LogP contribution < -0.4 is 5.73 Å². The van der Waals surface area contributed by atoms with Crippen LogP contribution in [0.5, 0.6) is 0 Å². The summed E-state index contributed by atoms with van der Waals surface area (Å²) >= 11 is 0. The predicted octanol–water partition coefficient (Wildman–Crippen LogP) is -1.00. The largest absolute Gasteiger partial charge is 0.368 e. The SMILES string of the molecule is NC(=O)C1CN=CC=N1. The van der Waals surface area contributed by atoms with Crippen LogP contribution in [-0.2, 0) is 4.79 Å². The van der Waals surface area contributed by atoms with Gasteiger partial charge in [-0.2, -0.15) is 0 Å². The molecule has 48 valence electrons. The average molecular weight is 125 g/mol. The van der Waals surface area contributed by atoms with Gasteiger partial charge >= 0.3 is 0 Å². The molecule has 0 aromatic heterocycles. The highest BCUT2D eigenvalue weighted by atomic mass is 16.1. The predicted molar refractivity (Wildman–Crippen MR) is 34.8 cm³/mol. The van der Waals surface area contributed by atoms with Crippen LogP contribution in [0, 0.1) is 0 Å². The second kappa shape index (κ2) is 2.39. The Kier molecular flexibility index (Phi) is 1.58. The minimum Gasteiger partial charge on any atom is -0.368 e. The van der Waals surface area contributed by atoms with Crippen LogP contribution in [0.4, 0.5) is 0 Å². The number of aliphatic imine (C=N–C) groups is 2. The molecular formula is C5H7N3O. The molecule has 0 aromatic rings. The van der Waals surface area contributed by atoms with E-state index in [-0.39, 0.29) is 0 Å². The summed E-state index contributed by atoms with van der Waals surface area (Å²) in [6, 6.07) is -0.435. The van der Waals surface area contributed by atoms with Crippen molar-refractivity contribution in [1.82, 2.24) is 0 Å². The third-order valence-corrected chi connectivity index (χ3v) is 1.04. The molecule has 0 spiro atoms. The Labute approximate surface area is 52.5 Å². The van der Waals surface area contributed by atoms with Crippen molar-refractivity contribution in [2.45, 2.75) is 6.04 Å². The molecule has 1 atom stereocenters. The highest BCUT2D eigenvalue weighted by molar-refractivity contribution is 6.17. The molecule has 0 saturated carbocycles. The van der Waals surface area contributed by atoms with E-state index in [9.17, 15) is 4.79 Å². The lowest BCUT2D eigenvalue weighted by atomic mass is 10.3. The summed E-state index contributed by atoms with van der Waals surface area (Å²) in [4.78, 5) is 18.0. The topological polar surface area (TPSA) is 67.8 Å². The van der Waals surface area contributed by atoms with E-state index in [1.807, 2.05) is 0 Å². The van der Waals surface area contributed by atoms with E-state index in [1.165, 1.54) is 6.21 Å². The Balaban J connectivity index is 2.56. The molecule has 0 saturated heterocycles. The molecule has 1 aliphatic heterocycles. The molecule has 0 aliphatic carbocycles. The fraction of sp³-hybridized carbons (Fsp3) is 0.400. The van der Waals surface area contributed by atoms with E-state index in [4.69, 9.17) is 5.73 Å². The van der Waals surface area contributed by atoms with Crippen molar-refractivity contribution < 1.29 is 4.79 Å². The molecule has 1 rings (SSSR count). The lowest BCUT2D eigenvalue weighted by molar-refractivity contribution is -0.118. The zero-order valence-electron chi connectivity index (χ0n) is 4.82. The van der Waals surface area contributed by atoms with Gasteiger partial charge in [0.25, 0.3) is 0 Å². The van der Waals surface area contributed by atoms with Crippen molar-refractivity contribution >= 4 is 18.3 Å². The smallest absolute Gasteiger partial charge is 0.244 e. The molecule has 0 fully saturated rings. The van der Waals surface area contributed by atoms with Crippen LogP contribution in [0.2, 0.25) is 0 Å². The number of nitrogens with two attached hydrogens (primary N) is 1. The Morgan fingerprint density at radius 3 is 2.78 bits per heavy atom. The number of carbonyl (C=O) groups is 1. The molecule has 2 N–H and O–H groups in total. The molecule has 4 heteroatoms. The van der Waals surface area contributed by atoms with Crippen LogP contribution in [0.15, 0.2) is 9.98 Å². The maximum Gasteiger partial charge on any atom is 0.244 e. The molecular weight excluding hydrogens is 118 g/mol. The summed E-state index contributed by atoms with van der Waals surface area (Å²) in [5.74, 6) is -0.414. The minimum atomic E-state index is -0.435. The van der Waals surface area contributed by atoms with Crippen LogP contribution in [0.25, 0.3) is 0 Å². The standard InChI is InChI=1S/C5H7N3O/c6-5(9)4-3-7-1-2-8-4/h1-2,4H,3H2,(H2,6,9). The third kappa shape index (κ3) is 1.35. The molecule has 9 heavy (non-hydrogen) atoms. The van der Waals surface area contributed by atoms with Gasteiger partial charge in [0, 0.05) is 12.4 Å². The van der Waals surface area contributed by atoms with Gasteiger partial charge in [0.15, 0.2) is 0 Å². The van der Waals surface area contributed by atoms with Gasteiger partial charge in [-0.3, -0.25) is 14.8 Å². The van der Waals surface area contributed by atoms with Crippen LogP contribution in [0.1, 0.15) is 0 Å². The molecule has 0 radical (unpaired) electrons. The Morgan fingerprint density at radius 2 is 2.44 bits per heavy atom. The number of rotatable bonds is 1. The molecule has 1 amide bonds. The monoisotopic (exact) mass is 125 g/mol. The average Bonchev–Trinajstić information content (AvgIpc) is 1.90. The summed E-state index contributed by atoms with van der Waals surface area (Å²) in [5.41, 5.74) is 4.94. The van der Waals surface area contributed by atoms with E-state index < -0.39 is 11.9 Å². The molecule has 4 nitrogen and oxygen atoms in total. The minimum absolute atomic E-state index is 0.395. The lowest BCUT2D eigenvalue weighted by Crippen LogP contribution is -2.30. The van der Waals surface area contributed by atoms with Gasteiger partial charge in [0.2, 0.25) is 5.91 Å². The number of hydrogen-bond acceptors (Lipinski definition) is 3.